The quantitative estimate of drug-likeness (QED) is 0.718. The van der Waals surface area contributed by atoms with Crippen molar-refractivity contribution in [1.29, 1.82) is 0 Å². The first-order valence-corrected chi connectivity index (χ1v) is 8.90. The molecule has 2 N–H and O–H groups in total. The van der Waals surface area contributed by atoms with Crippen LogP contribution in [0.1, 0.15) is 24.8 Å². The molecule has 1 saturated carbocycles. The number of halogens is 1. The van der Waals surface area contributed by atoms with Gasteiger partial charge in [-0.1, -0.05) is 48.7 Å². The maximum absolute atomic E-state index is 6.05. The van der Waals surface area contributed by atoms with E-state index in [-0.39, 0.29) is 0 Å². The number of nitrogens with zero attached hydrogens (tertiary/aromatic N) is 3. The van der Waals surface area contributed by atoms with Crippen LogP contribution < -0.4 is 5.73 Å². The number of nitrogens with two attached hydrogens (primary N) is 1. The molecule has 2 aromatic heterocycles. The molecular formula is C20H19ClN4. The van der Waals surface area contributed by atoms with Crippen LogP contribution in [0.4, 0.5) is 5.82 Å². The van der Waals surface area contributed by atoms with E-state index >= 15 is 0 Å². The summed E-state index contributed by atoms with van der Waals surface area (Å²) in [7, 11) is 0. The van der Waals surface area contributed by atoms with Crippen molar-refractivity contribution in [2.24, 2.45) is 5.92 Å². The number of benzene rings is 1. The molecule has 1 aromatic carbocycles. The van der Waals surface area contributed by atoms with Crippen molar-refractivity contribution in [3.63, 3.8) is 0 Å². The zero-order chi connectivity index (χ0) is 17.2. The summed E-state index contributed by atoms with van der Waals surface area (Å²) in [5.41, 5.74) is 11.2. The van der Waals surface area contributed by atoms with Crippen LogP contribution >= 0.6 is 11.6 Å². The molecule has 4 rings (SSSR count). The van der Waals surface area contributed by atoms with Gasteiger partial charge in [-0.05, 0) is 42.0 Å². The van der Waals surface area contributed by atoms with Gasteiger partial charge in [-0.3, -0.25) is 0 Å². The Hall–Kier alpha value is -2.46. The lowest BCUT2D eigenvalue weighted by molar-refractivity contribution is 0.727. The highest BCUT2D eigenvalue weighted by Gasteiger charge is 2.20. The van der Waals surface area contributed by atoms with Crippen molar-refractivity contribution < 1.29 is 0 Å². The molecular weight excluding hydrogens is 332 g/mol. The van der Waals surface area contributed by atoms with E-state index in [0.717, 1.165) is 34.6 Å². The molecule has 0 atom stereocenters. The fraction of sp³-hybridized carbons (Fsp3) is 0.250. The Morgan fingerprint density at radius 2 is 1.80 bits per heavy atom. The lowest BCUT2D eigenvalue weighted by atomic mass is 10.00. The summed E-state index contributed by atoms with van der Waals surface area (Å²) in [6, 6.07) is 12.5. The van der Waals surface area contributed by atoms with Crippen LogP contribution in [-0.2, 0) is 6.42 Å². The van der Waals surface area contributed by atoms with Gasteiger partial charge in [0.25, 0.3) is 0 Å². The number of rotatable bonds is 5. The first-order valence-electron chi connectivity index (χ1n) is 8.52. The Balaban J connectivity index is 1.60. The van der Waals surface area contributed by atoms with Crippen LogP contribution in [-0.4, -0.2) is 15.2 Å². The Kier molecular flexibility index (Phi) is 4.36. The molecule has 1 aliphatic carbocycles. The van der Waals surface area contributed by atoms with Crippen molar-refractivity contribution >= 4 is 17.4 Å². The summed E-state index contributed by atoms with van der Waals surface area (Å²) in [5.74, 6) is 1.41. The highest BCUT2D eigenvalue weighted by atomic mass is 35.5. The third-order valence-electron chi connectivity index (χ3n) is 4.68. The first-order chi connectivity index (χ1) is 12.2. The van der Waals surface area contributed by atoms with Crippen molar-refractivity contribution in [2.45, 2.75) is 25.7 Å². The molecule has 2 heterocycles. The summed E-state index contributed by atoms with van der Waals surface area (Å²) >= 11 is 5.94. The second-order valence-corrected chi connectivity index (χ2v) is 6.99. The fourth-order valence-corrected chi connectivity index (χ4v) is 3.15. The van der Waals surface area contributed by atoms with E-state index in [2.05, 4.69) is 39.4 Å². The summed E-state index contributed by atoms with van der Waals surface area (Å²) in [6.45, 7) is 0. The van der Waals surface area contributed by atoms with Gasteiger partial charge >= 0.3 is 0 Å². The Morgan fingerprint density at radius 1 is 1.00 bits per heavy atom. The summed E-state index contributed by atoms with van der Waals surface area (Å²) < 4.78 is 0. The van der Waals surface area contributed by atoms with Gasteiger partial charge in [0, 0.05) is 22.9 Å². The monoisotopic (exact) mass is 350 g/mol. The largest absolute Gasteiger partial charge is 0.383 e. The molecule has 0 aliphatic heterocycles. The van der Waals surface area contributed by atoms with Crippen LogP contribution in [0, 0.1) is 5.92 Å². The van der Waals surface area contributed by atoms with Gasteiger partial charge in [-0.25, -0.2) is 4.98 Å². The third kappa shape index (κ3) is 3.80. The van der Waals surface area contributed by atoms with Gasteiger partial charge in [0.1, 0.15) is 5.82 Å². The molecule has 1 fully saturated rings. The predicted molar refractivity (Wildman–Crippen MR) is 101 cm³/mol. The number of aryl methyl sites for hydroxylation is 1. The Morgan fingerprint density at radius 3 is 2.52 bits per heavy atom. The molecule has 1 aliphatic rings. The minimum absolute atomic E-state index is 0.335. The van der Waals surface area contributed by atoms with E-state index in [1.54, 1.807) is 18.5 Å². The number of nitrogen functional groups attached to an aromatic ring is 1. The van der Waals surface area contributed by atoms with Crippen molar-refractivity contribution in [3.8, 4) is 22.3 Å². The highest BCUT2D eigenvalue weighted by Crippen LogP contribution is 2.34. The van der Waals surface area contributed by atoms with Crippen molar-refractivity contribution in [3.05, 3.63) is 59.5 Å². The molecule has 0 amide bonds. The average molecular weight is 351 g/mol. The number of hydrogen-bond acceptors (Lipinski definition) is 4. The molecule has 0 spiro atoms. The topological polar surface area (TPSA) is 64.7 Å². The molecule has 0 radical (unpaired) electrons. The second-order valence-electron chi connectivity index (χ2n) is 6.60. The van der Waals surface area contributed by atoms with E-state index in [0.29, 0.717) is 11.0 Å². The molecule has 4 nitrogen and oxygen atoms in total. The van der Waals surface area contributed by atoms with Gasteiger partial charge in [0.05, 0.1) is 6.20 Å². The zero-order valence-corrected chi connectivity index (χ0v) is 14.6. The minimum Gasteiger partial charge on any atom is -0.383 e. The normalized spacial score (nSPS) is 13.8. The lowest BCUT2D eigenvalue weighted by Crippen LogP contribution is -1.96. The van der Waals surface area contributed by atoms with Gasteiger partial charge < -0.3 is 5.73 Å². The first kappa shape index (κ1) is 16.0. The minimum atomic E-state index is 0.335. The third-order valence-corrected chi connectivity index (χ3v) is 4.86. The van der Waals surface area contributed by atoms with E-state index in [1.165, 1.54) is 24.8 Å². The van der Waals surface area contributed by atoms with E-state index in [9.17, 15) is 0 Å². The maximum Gasteiger partial charge on any atom is 0.152 e. The molecule has 0 bridgehead atoms. The SMILES string of the molecule is Nc1ncc(-c2ccc(CCC3CC3)cc2)cc1-c1cnnc(Cl)c1. The van der Waals surface area contributed by atoms with Crippen molar-refractivity contribution in [1.82, 2.24) is 15.2 Å². The van der Waals surface area contributed by atoms with Crippen molar-refractivity contribution in [2.75, 3.05) is 5.73 Å². The zero-order valence-electron chi connectivity index (χ0n) is 13.8. The Labute approximate surface area is 152 Å². The van der Waals surface area contributed by atoms with Crippen LogP contribution in [0.15, 0.2) is 48.8 Å². The molecule has 0 unspecified atom stereocenters. The summed E-state index contributed by atoms with van der Waals surface area (Å²) in [4.78, 5) is 4.34. The van der Waals surface area contributed by atoms with Gasteiger partial charge in [0.2, 0.25) is 0 Å². The lowest BCUT2D eigenvalue weighted by Gasteiger charge is -2.09. The molecule has 3 aromatic rings. The van der Waals surface area contributed by atoms with E-state index in [4.69, 9.17) is 17.3 Å². The smallest absolute Gasteiger partial charge is 0.152 e. The van der Waals surface area contributed by atoms with E-state index in [1.807, 2.05) is 6.07 Å². The number of aromatic nitrogens is 3. The van der Waals surface area contributed by atoms with Crippen LogP contribution in [0.25, 0.3) is 22.3 Å². The summed E-state index contributed by atoms with van der Waals surface area (Å²) in [5, 5.41) is 8.00. The number of hydrogen-bond donors (Lipinski definition) is 1. The maximum atomic E-state index is 6.05. The fourth-order valence-electron chi connectivity index (χ4n) is 2.99. The summed E-state index contributed by atoms with van der Waals surface area (Å²) in [6.07, 6.45) is 8.73. The highest BCUT2D eigenvalue weighted by molar-refractivity contribution is 6.29. The second kappa shape index (κ2) is 6.81. The van der Waals surface area contributed by atoms with Gasteiger partial charge in [-0.2, -0.15) is 5.10 Å². The van der Waals surface area contributed by atoms with Crippen LogP contribution in [0.2, 0.25) is 5.15 Å². The van der Waals surface area contributed by atoms with Crippen LogP contribution in [0.3, 0.4) is 0 Å². The number of pyridine rings is 1. The van der Waals surface area contributed by atoms with Gasteiger partial charge in [-0.15, -0.1) is 5.10 Å². The predicted octanol–water partition coefficient (Wildman–Crippen LogP) is 4.78. The standard InChI is InChI=1S/C20H19ClN4/c21-19-10-17(12-24-25-19)18-9-16(11-23-20(18)22)15-7-5-14(6-8-15)4-3-13-1-2-13/h5-13H,1-4H2,(H2,22,23). The average Bonchev–Trinajstić information content (AvgIpc) is 3.45. The molecule has 25 heavy (non-hydrogen) atoms. The molecule has 5 heteroatoms. The molecule has 126 valence electrons. The van der Waals surface area contributed by atoms with Gasteiger partial charge in [0.15, 0.2) is 5.15 Å². The van der Waals surface area contributed by atoms with E-state index < -0.39 is 0 Å². The van der Waals surface area contributed by atoms with Crippen LogP contribution in [0.5, 0.6) is 0 Å². The number of anilines is 1. The Bertz CT molecular complexity index is 888. The molecule has 0 saturated heterocycles.